The molecule has 0 aliphatic heterocycles. The summed E-state index contributed by atoms with van der Waals surface area (Å²) < 4.78 is 4.97. The smallest absolute Gasteiger partial charge is 0.292 e. The number of furan rings is 1. The second kappa shape index (κ2) is 4.00. The molecule has 2 rings (SSSR count). The van der Waals surface area contributed by atoms with Gasteiger partial charge >= 0.3 is 0 Å². The highest BCUT2D eigenvalue weighted by atomic mass is 16.3. The van der Waals surface area contributed by atoms with Crippen LogP contribution in [0.1, 0.15) is 23.0 Å². The highest BCUT2D eigenvalue weighted by Crippen LogP contribution is 2.12. The zero-order chi connectivity index (χ0) is 10.7. The number of anilines is 1. The Morgan fingerprint density at radius 1 is 1.67 bits per heavy atom. The molecular formula is C10H11N3O2. The van der Waals surface area contributed by atoms with Crippen LogP contribution >= 0.6 is 0 Å². The summed E-state index contributed by atoms with van der Waals surface area (Å²) in [5, 5.41) is 9.28. The Morgan fingerprint density at radius 3 is 3.20 bits per heavy atom. The number of amides is 1. The molecule has 2 aromatic heterocycles. The first-order valence-corrected chi connectivity index (χ1v) is 4.68. The van der Waals surface area contributed by atoms with Gasteiger partial charge in [-0.15, -0.1) is 0 Å². The van der Waals surface area contributed by atoms with Crippen molar-refractivity contribution in [3.8, 4) is 0 Å². The lowest BCUT2D eigenvalue weighted by Crippen LogP contribution is -2.12. The van der Waals surface area contributed by atoms with E-state index in [0.29, 0.717) is 5.82 Å². The van der Waals surface area contributed by atoms with Gasteiger partial charge in [0.15, 0.2) is 5.76 Å². The van der Waals surface area contributed by atoms with Crippen molar-refractivity contribution in [3.63, 3.8) is 0 Å². The standard InChI is InChI=1S/C10H11N3O2/c1-2-7-6-11-13-9(7)12-10(14)8-4-3-5-15-8/h3-6H,2H2,1H3,(H2,11,12,13,14). The van der Waals surface area contributed by atoms with Crippen molar-refractivity contribution in [2.75, 3.05) is 5.32 Å². The molecule has 5 nitrogen and oxygen atoms in total. The van der Waals surface area contributed by atoms with E-state index >= 15 is 0 Å². The van der Waals surface area contributed by atoms with Crippen LogP contribution in [0.4, 0.5) is 5.82 Å². The number of aromatic nitrogens is 2. The molecule has 2 heterocycles. The summed E-state index contributed by atoms with van der Waals surface area (Å²) in [6.45, 7) is 1.99. The van der Waals surface area contributed by atoms with Crippen molar-refractivity contribution < 1.29 is 9.21 Å². The lowest BCUT2D eigenvalue weighted by Gasteiger charge is -2.01. The van der Waals surface area contributed by atoms with Gasteiger partial charge in [-0.05, 0) is 18.6 Å². The van der Waals surface area contributed by atoms with Crippen LogP contribution in [-0.2, 0) is 6.42 Å². The number of aryl methyl sites for hydroxylation is 1. The van der Waals surface area contributed by atoms with E-state index in [0.717, 1.165) is 12.0 Å². The molecule has 78 valence electrons. The summed E-state index contributed by atoms with van der Waals surface area (Å²) in [5.74, 6) is 0.629. The third-order valence-electron chi connectivity index (χ3n) is 2.08. The van der Waals surface area contributed by atoms with Crippen molar-refractivity contribution in [3.05, 3.63) is 35.9 Å². The van der Waals surface area contributed by atoms with Gasteiger partial charge in [0.2, 0.25) is 0 Å². The molecule has 2 aromatic rings. The zero-order valence-corrected chi connectivity index (χ0v) is 8.28. The molecule has 0 unspecified atom stereocenters. The summed E-state index contributed by atoms with van der Waals surface area (Å²) >= 11 is 0. The van der Waals surface area contributed by atoms with Crippen molar-refractivity contribution in [1.29, 1.82) is 0 Å². The minimum absolute atomic E-state index is 0.279. The largest absolute Gasteiger partial charge is 0.459 e. The molecule has 0 bridgehead atoms. The Bertz CT molecular complexity index is 445. The average molecular weight is 205 g/mol. The quantitative estimate of drug-likeness (QED) is 0.802. The lowest BCUT2D eigenvalue weighted by molar-refractivity contribution is 0.0996. The maximum absolute atomic E-state index is 11.6. The van der Waals surface area contributed by atoms with Gasteiger partial charge in [-0.2, -0.15) is 5.10 Å². The van der Waals surface area contributed by atoms with E-state index in [1.807, 2.05) is 6.92 Å². The number of rotatable bonds is 3. The van der Waals surface area contributed by atoms with E-state index in [1.54, 1.807) is 18.3 Å². The lowest BCUT2D eigenvalue weighted by atomic mass is 10.2. The Balaban J connectivity index is 2.13. The Labute approximate surface area is 86.5 Å². The second-order valence-corrected chi connectivity index (χ2v) is 3.06. The van der Waals surface area contributed by atoms with Gasteiger partial charge in [-0.1, -0.05) is 6.92 Å². The Kier molecular flexibility index (Phi) is 2.53. The molecule has 0 fully saturated rings. The molecule has 0 aliphatic rings. The second-order valence-electron chi connectivity index (χ2n) is 3.06. The first-order valence-electron chi connectivity index (χ1n) is 4.68. The number of hydrogen-bond donors (Lipinski definition) is 2. The minimum Gasteiger partial charge on any atom is -0.459 e. The number of hydrogen-bond acceptors (Lipinski definition) is 3. The van der Waals surface area contributed by atoms with Crippen LogP contribution in [0.5, 0.6) is 0 Å². The molecule has 0 spiro atoms. The van der Waals surface area contributed by atoms with Gasteiger partial charge < -0.3 is 9.73 Å². The minimum atomic E-state index is -0.279. The highest BCUT2D eigenvalue weighted by molar-refractivity contribution is 6.01. The van der Waals surface area contributed by atoms with E-state index in [1.165, 1.54) is 6.26 Å². The first kappa shape index (κ1) is 9.51. The number of aromatic amines is 1. The van der Waals surface area contributed by atoms with Gasteiger partial charge in [0.25, 0.3) is 5.91 Å². The zero-order valence-electron chi connectivity index (χ0n) is 8.28. The molecule has 0 aromatic carbocycles. The van der Waals surface area contributed by atoms with E-state index < -0.39 is 0 Å². The predicted octanol–water partition coefficient (Wildman–Crippen LogP) is 1.82. The highest BCUT2D eigenvalue weighted by Gasteiger charge is 2.11. The molecule has 5 heteroatoms. The fourth-order valence-electron chi connectivity index (χ4n) is 1.27. The van der Waals surface area contributed by atoms with Crippen molar-refractivity contribution in [1.82, 2.24) is 10.2 Å². The SMILES string of the molecule is CCc1cn[nH]c1NC(=O)c1ccco1. The third kappa shape index (κ3) is 1.90. The van der Waals surface area contributed by atoms with Crippen LogP contribution in [-0.4, -0.2) is 16.1 Å². The van der Waals surface area contributed by atoms with Crippen LogP contribution in [0.15, 0.2) is 29.0 Å². The topological polar surface area (TPSA) is 70.9 Å². The molecule has 2 N–H and O–H groups in total. The van der Waals surface area contributed by atoms with Gasteiger partial charge in [0.1, 0.15) is 5.82 Å². The number of carbonyl (C=O) groups excluding carboxylic acids is 1. The Hall–Kier alpha value is -2.04. The fraction of sp³-hybridized carbons (Fsp3) is 0.200. The third-order valence-corrected chi connectivity index (χ3v) is 2.08. The van der Waals surface area contributed by atoms with Gasteiger partial charge in [-0.3, -0.25) is 9.89 Å². The fourth-order valence-corrected chi connectivity index (χ4v) is 1.27. The molecule has 0 aliphatic carbocycles. The maximum Gasteiger partial charge on any atom is 0.292 e. The van der Waals surface area contributed by atoms with Crippen LogP contribution in [0.3, 0.4) is 0 Å². The maximum atomic E-state index is 11.6. The Morgan fingerprint density at radius 2 is 2.53 bits per heavy atom. The molecule has 0 radical (unpaired) electrons. The van der Waals surface area contributed by atoms with Crippen LogP contribution < -0.4 is 5.32 Å². The van der Waals surface area contributed by atoms with Crippen molar-refractivity contribution in [2.45, 2.75) is 13.3 Å². The van der Waals surface area contributed by atoms with Crippen LogP contribution in [0.2, 0.25) is 0 Å². The van der Waals surface area contributed by atoms with E-state index in [2.05, 4.69) is 15.5 Å². The van der Waals surface area contributed by atoms with Gasteiger partial charge in [-0.25, -0.2) is 0 Å². The van der Waals surface area contributed by atoms with E-state index in [9.17, 15) is 4.79 Å². The summed E-state index contributed by atoms with van der Waals surface area (Å²) in [4.78, 5) is 11.6. The van der Waals surface area contributed by atoms with Gasteiger partial charge in [0, 0.05) is 5.56 Å². The summed E-state index contributed by atoms with van der Waals surface area (Å²) in [6, 6.07) is 3.28. The van der Waals surface area contributed by atoms with Crippen molar-refractivity contribution in [2.24, 2.45) is 0 Å². The summed E-state index contributed by atoms with van der Waals surface area (Å²) in [5.41, 5.74) is 0.968. The van der Waals surface area contributed by atoms with Crippen molar-refractivity contribution >= 4 is 11.7 Å². The average Bonchev–Trinajstić information content (AvgIpc) is 2.87. The molecular weight excluding hydrogens is 194 g/mol. The first-order chi connectivity index (χ1) is 7.31. The monoisotopic (exact) mass is 205 g/mol. The van der Waals surface area contributed by atoms with Crippen LogP contribution in [0, 0.1) is 0 Å². The number of nitrogens with zero attached hydrogens (tertiary/aromatic N) is 1. The molecule has 15 heavy (non-hydrogen) atoms. The molecule has 1 amide bonds. The molecule has 0 saturated carbocycles. The summed E-state index contributed by atoms with van der Waals surface area (Å²) in [7, 11) is 0. The summed E-state index contributed by atoms with van der Waals surface area (Å²) in [6.07, 6.45) is 3.96. The number of nitrogens with one attached hydrogen (secondary N) is 2. The van der Waals surface area contributed by atoms with E-state index in [-0.39, 0.29) is 11.7 Å². The number of carbonyl (C=O) groups is 1. The number of H-pyrrole nitrogens is 1. The normalized spacial score (nSPS) is 10.2. The van der Waals surface area contributed by atoms with Gasteiger partial charge in [0.05, 0.1) is 12.5 Å². The molecule has 0 saturated heterocycles. The van der Waals surface area contributed by atoms with Crippen LogP contribution in [0.25, 0.3) is 0 Å². The van der Waals surface area contributed by atoms with E-state index in [4.69, 9.17) is 4.42 Å². The predicted molar refractivity (Wildman–Crippen MR) is 54.6 cm³/mol. The molecule has 0 atom stereocenters.